The van der Waals surface area contributed by atoms with Gasteiger partial charge >= 0.3 is 5.97 Å². The van der Waals surface area contributed by atoms with Gasteiger partial charge in [0.2, 0.25) is 0 Å². The summed E-state index contributed by atoms with van der Waals surface area (Å²) in [5.41, 5.74) is 2.26. The predicted octanol–water partition coefficient (Wildman–Crippen LogP) is 3.14. The number of carboxylic acid groups (broad SMARTS) is 1. The highest BCUT2D eigenvalue weighted by atomic mass is 16.5. The Balaban J connectivity index is 2.17. The Hall–Kier alpha value is -2.80. The van der Waals surface area contributed by atoms with Gasteiger partial charge in [-0.15, -0.1) is 0 Å². The molecule has 0 aromatic heterocycles. The van der Waals surface area contributed by atoms with Gasteiger partial charge < -0.3 is 9.84 Å². The zero-order valence-corrected chi connectivity index (χ0v) is 11.0. The summed E-state index contributed by atoms with van der Waals surface area (Å²) in [6, 6.07) is 14.1. The Kier molecular flexibility index (Phi) is 4.02. The third-order valence-electron chi connectivity index (χ3n) is 2.96. The third-order valence-corrected chi connectivity index (χ3v) is 2.96. The number of rotatable bonds is 4. The molecule has 2 aromatic carbocycles. The molecular formula is C16H13NO3. The monoisotopic (exact) mass is 267 g/mol. The number of hydrogen-bond donors (Lipinski definition) is 1. The fourth-order valence-corrected chi connectivity index (χ4v) is 1.89. The van der Waals surface area contributed by atoms with Crippen LogP contribution in [-0.4, -0.2) is 11.1 Å². The zero-order valence-electron chi connectivity index (χ0n) is 11.0. The van der Waals surface area contributed by atoms with Crippen LogP contribution >= 0.6 is 0 Å². The van der Waals surface area contributed by atoms with Gasteiger partial charge in [0, 0.05) is 5.56 Å². The van der Waals surface area contributed by atoms with E-state index in [9.17, 15) is 4.79 Å². The molecule has 0 aliphatic carbocycles. The lowest BCUT2D eigenvalue weighted by Crippen LogP contribution is -2.03. The molecule has 0 unspecified atom stereocenters. The molecule has 0 radical (unpaired) electrons. The lowest BCUT2D eigenvalue weighted by molar-refractivity contribution is 0.0695. The van der Waals surface area contributed by atoms with Crippen molar-refractivity contribution in [1.82, 2.24) is 0 Å². The molecule has 0 heterocycles. The van der Waals surface area contributed by atoms with Crippen LogP contribution in [0.25, 0.3) is 0 Å². The van der Waals surface area contributed by atoms with E-state index in [0.717, 1.165) is 5.56 Å². The summed E-state index contributed by atoms with van der Waals surface area (Å²) in [5.74, 6) is -0.438. The molecule has 0 aliphatic heterocycles. The summed E-state index contributed by atoms with van der Waals surface area (Å²) >= 11 is 0. The summed E-state index contributed by atoms with van der Waals surface area (Å²) in [7, 11) is 0. The van der Waals surface area contributed by atoms with E-state index < -0.39 is 5.97 Å². The quantitative estimate of drug-likeness (QED) is 0.923. The number of benzene rings is 2. The van der Waals surface area contributed by atoms with Crippen LogP contribution in [0.2, 0.25) is 0 Å². The summed E-state index contributed by atoms with van der Waals surface area (Å²) in [4.78, 5) is 11.0. The maximum absolute atomic E-state index is 11.0. The lowest BCUT2D eigenvalue weighted by atomic mass is 10.1. The van der Waals surface area contributed by atoms with Gasteiger partial charge in [0.15, 0.2) is 0 Å². The number of carboxylic acids is 1. The van der Waals surface area contributed by atoms with Crippen molar-refractivity contribution in [1.29, 1.82) is 5.26 Å². The number of ether oxygens (including phenoxy) is 1. The van der Waals surface area contributed by atoms with Crippen molar-refractivity contribution >= 4 is 5.97 Å². The van der Waals surface area contributed by atoms with Gasteiger partial charge in [-0.3, -0.25) is 0 Å². The van der Waals surface area contributed by atoms with Crippen molar-refractivity contribution in [2.75, 3.05) is 0 Å². The molecule has 4 heteroatoms. The first kappa shape index (κ1) is 13.6. The Morgan fingerprint density at radius 3 is 2.75 bits per heavy atom. The van der Waals surface area contributed by atoms with Crippen molar-refractivity contribution in [3.05, 3.63) is 64.7 Å². The van der Waals surface area contributed by atoms with Crippen molar-refractivity contribution in [2.24, 2.45) is 0 Å². The van der Waals surface area contributed by atoms with Crippen LogP contribution in [0, 0.1) is 18.3 Å². The average Bonchev–Trinajstić information content (AvgIpc) is 2.46. The van der Waals surface area contributed by atoms with Crippen molar-refractivity contribution in [3.63, 3.8) is 0 Å². The standard InChI is InChI=1S/C16H13NO3/c1-11-14(16(18)19)6-3-7-15(11)20-10-13-5-2-4-12(8-13)9-17/h2-8H,10H2,1H3,(H,18,19). The van der Waals surface area contributed by atoms with E-state index in [1.807, 2.05) is 6.07 Å². The Morgan fingerprint density at radius 1 is 1.30 bits per heavy atom. The van der Waals surface area contributed by atoms with Crippen LogP contribution in [0.15, 0.2) is 42.5 Å². The smallest absolute Gasteiger partial charge is 0.336 e. The van der Waals surface area contributed by atoms with E-state index in [1.165, 1.54) is 0 Å². The van der Waals surface area contributed by atoms with Gasteiger partial charge in [0.25, 0.3) is 0 Å². The van der Waals surface area contributed by atoms with Crippen LogP contribution in [-0.2, 0) is 6.61 Å². The highest BCUT2D eigenvalue weighted by molar-refractivity contribution is 5.90. The summed E-state index contributed by atoms with van der Waals surface area (Å²) < 4.78 is 5.64. The van der Waals surface area contributed by atoms with Gasteiger partial charge in [-0.1, -0.05) is 18.2 Å². The van der Waals surface area contributed by atoms with E-state index in [-0.39, 0.29) is 5.56 Å². The molecule has 4 nitrogen and oxygen atoms in total. The largest absolute Gasteiger partial charge is 0.489 e. The molecule has 0 atom stereocenters. The van der Waals surface area contributed by atoms with Crippen LogP contribution in [0.3, 0.4) is 0 Å². The van der Waals surface area contributed by atoms with E-state index in [0.29, 0.717) is 23.5 Å². The van der Waals surface area contributed by atoms with E-state index in [1.54, 1.807) is 43.3 Å². The van der Waals surface area contributed by atoms with Crippen LogP contribution in [0.4, 0.5) is 0 Å². The van der Waals surface area contributed by atoms with Gasteiger partial charge in [0.05, 0.1) is 17.2 Å². The maximum Gasteiger partial charge on any atom is 0.336 e. The minimum atomic E-state index is -0.973. The third kappa shape index (κ3) is 2.96. The minimum Gasteiger partial charge on any atom is -0.489 e. The topological polar surface area (TPSA) is 70.3 Å². The molecule has 0 spiro atoms. The molecular weight excluding hydrogens is 254 g/mol. The second kappa shape index (κ2) is 5.89. The van der Waals surface area contributed by atoms with Gasteiger partial charge in [-0.2, -0.15) is 5.26 Å². The van der Waals surface area contributed by atoms with E-state index in [2.05, 4.69) is 6.07 Å². The molecule has 2 rings (SSSR count). The molecule has 0 fully saturated rings. The van der Waals surface area contributed by atoms with Crippen LogP contribution in [0.5, 0.6) is 5.75 Å². The molecule has 0 amide bonds. The lowest BCUT2D eigenvalue weighted by Gasteiger charge is -2.11. The summed E-state index contributed by atoms with van der Waals surface area (Å²) in [6.45, 7) is 2.00. The summed E-state index contributed by atoms with van der Waals surface area (Å²) in [5, 5.41) is 17.9. The van der Waals surface area contributed by atoms with E-state index in [4.69, 9.17) is 15.1 Å². The number of aromatic carboxylic acids is 1. The van der Waals surface area contributed by atoms with Crippen molar-refractivity contribution < 1.29 is 14.6 Å². The van der Waals surface area contributed by atoms with E-state index >= 15 is 0 Å². The number of carbonyl (C=O) groups is 1. The average molecular weight is 267 g/mol. The van der Waals surface area contributed by atoms with Gasteiger partial charge in [-0.05, 0) is 36.8 Å². The van der Waals surface area contributed by atoms with Crippen LogP contribution < -0.4 is 4.74 Å². The molecule has 0 saturated heterocycles. The van der Waals surface area contributed by atoms with Crippen LogP contribution in [0.1, 0.15) is 27.0 Å². The molecule has 20 heavy (non-hydrogen) atoms. The maximum atomic E-state index is 11.0. The Morgan fingerprint density at radius 2 is 2.05 bits per heavy atom. The second-order valence-electron chi connectivity index (χ2n) is 4.33. The first-order valence-electron chi connectivity index (χ1n) is 6.06. The van der Waals surface area contributed by atoms with Crippen molar-refractivity contribution in [2.45, 2.75) is 13.5 Å². The summed E-state index contributed by atoms with van der Waals surface area (Å²) in [6.07, 6.45) is 0. The normalized spacial score (nSPS) is 9.80. The highest BCUT2D eigenvalue weighted by Gasteiger charge is 2.10. The van der Waals surface area contributed by atoms with Gasteiger partial charge in [0.1, 0.15) is 12.4 Å². The van der Waals surface area contributed by atoms with Gasteiger partial charge in [-0.25, -0.2) is 4.79 Å². The Labute approximate surface area is 116 Å². The number of hydrogen-bond acceptors (Lipinski definition) is 3. The first-order chi connectivity index (χ1) is 9.61. The molecule has 1 N–H and O–H groups in total. The molecule has 0 bridgehead atoms. The molecule has 0 saturated carbocycles. The number of nitrogens with zero attached hydrogens (tertiary/aromatic N) is 1. The highest BCUT2D eigenvalue weighted by Crippen LogP contribution is 2.22. The Bertz CT molecular complexity index is 686. The minimum absolute atomic E-state index is 0.230. The fraction of sp³-hybridized carbons (Fsp3) is 0.125. The zero-order chi connectivity index (χ0) is 14.5. The fourth-order valence-electron chi connectivity index (χ4n) is 1.89. The molecule has 0 aliphatic rings. The number of nitriles is 1. The molecule has 100 valence electrons. The molecule has 2 aromatic rings. The first-order valence-corrected chi connectivity index (χ1v) is 6.06. The van der Waals surface area contributed by atoms with Crippen molar-refractivity contribution in [3.8, 4) is 11.8 Å². The predicted molar refractivity (Wildman–Crippen MR) is 73.6 cm³/mol. The second-order valence-corrected chi connectivity index (χ2v) is 4.33. The SMILES string of the molecule is Cc1c(OCc2cccc(C#N)c2)cccc1C(=O)O.